The molecular weight excluding hydrogens is 200 g/mol. The molecule has 1 aromatic rings. The van der Waals surface area contributed by atoms with Gasteiger partial charge >= 0.3 is 0 Å². The first kappa shape index (κ1) is 11.9. The van der Waals surface area contributed by atoms with Crippen molar-refractivity contribution in [1.82, 2.24) is 5.32 Å². The highest BCUT2D eigenvalue weighted by Crippen LogP contribution is 2.19. The summed E-state index contributed by atoms with van der Waals surface area (Å²) in [6, 6.07) is 3.23. The maximum absolute atomic E-state index is 13.2. The third-order valence-corrected chi connectivity index (χ3v) is 2.37. The van der Waals surface area contributed by atoms with E-state index >= 15 is 0 Å². The van der Waals surface area contributed by atoms with Gasteiger partial charge in [-0.05, 0) is 33.0 Å². The van der Waals surface area contributed by atoms with Crippen LogP contribution in [0.4, 0.5) is 8.78 Å². The number of rotatable bonds is 4. The summed E-state index contributed by atoms with van der Waals surface area (Å²) in [6.45, 7) is 3.70. The molecule has 1 rings (SSSR count). The Kier molecular flexibility index (Phi) is 4.03. The summed E-state index contributed by atoms with van der Waals surface area (Å²) in [5.41, 5.74) is 0. The minimum absolute atomic E-state index is 0.0513. The Morgan fingerprint density at radius 2 is 1.93 bits per heavy atom. The summed E-state index contributed by atoms with van der Waals surface area (Å²) < 4.78 is 31.3. The molecule has 0 aliphatic carbocycles. The fourth-order valence-electron chi connectivity index (χ4n) is 1.10. The standard InChI is InChI=1S/C11H15F2NO/c1-7(14-3)8(2)15-11-6-9(12)4-5-10(11)13/h4-8,14H,1-3H3. The van der Waals surface area contributed by atoms with E-state index in [9.17, 15) is 8.78 Å². The van der Waals surface area contributed by atoms with Gasteiger partial charge in [0, 0.05) is 12.1 Å². The largest absolute Gasteiger partial charge is 0.486 e. The number of hydrogen-bond donors (Lipinski definition) is 1. The van der Waals surface area contributed by atoms with E-state index in [1.165, 1.54) is 0 Å². The highest BCUT2D eigenvalue weighted by molar-refractivity contribution is 5.25. The topological polar surface area (TPSA) is 21.3 Å². The van der Waals surface area contributed by atoms with Crippen LogP contribution in [0.25, 0.3) is 0 Å². The van der Waals surface area contributed by atoms with E-state index < -0.39 is 11.6 Å². The molecule has 0 aromatic heterocycles. The van der Waals surface area contributed by atoms with Crippen molar-refractivity contribution in [3.63, 3.8) is 0 Å². The summed E-state index contributed by atoms with van der Waals surface area (Å²) in [7, 11) is 1.78. The molecule has 0 spiro atoms. The van der Waals surface area contributed by atoms with Crippen molar-refractivity contribution in [3.8, 4) is 5.75 Å². The summed E-state index contributed by atoms with van der Waals surface area (Å²) in [5, 5.41) is 2.98. The van der Waals surface area contributed by atoms with E-state index in [1.807, 2.05) is 6.92 Å². The number of halogens is 2. The summed E-state index contributed by atoms with van der Waals surface area (Å²) in [6.07, 6.45) is -0.230. The Morgan fingerprint density at radius 3 is 2.53 bits per heavy atom. The number of likely N-dealkylation sites (N-methyl/N-ethyl adjacent to an activating group) is 1. The molecule has 2 unspecified atom stereocenters. The molecule has 0 amide bonds. The number of ether oxygens (including phenoxy) is 1. The molecular formula is C11H15F2NO. The normalized spacial score (nSPS) is 14.7. The van der Waals surface area contributed by atoms with Crippen LogP contribution in [0.5, 0.6) is 5.75 Å². The van der Waals surface area contributed by atoms with Gasteiger partial charge in [0.15, 0.2) is 11.6 Å². The van der Waals surface area contributed by atoms with Crippen LogP contribution in [0, 0.1) is 11.6 Å². The monoisotopic (exact) mass is 215 g/mol. The van der Waals surface area contributed by atoms with Gasteiger partial charge in [0.25, 0.3) is 0 Å². The van der Waals surface area contributed by atoms with E-state index in [0.717, 1.165) is 18.2 Å². The molecule has 0 saturated heterocycles. The van der Waals surface area contributed by atoms with Gasteiger partial charge in [0.2, 0.25) is 0 Å². The average molecular weight is 215 g/mol. The lowest BCUT2D eigenvalue weighted by molar-refractivity contribution is 0.174. The summed E-state index contributed by atoms with van der Waals surface area (Å²) in [5.74, 6) is -1.10. The highest BCUT2D eigenvalue weighted by atomic mass is 19.1. The molecule has 15 heavy (non-hydrogen) atoms. The van der Waals surface area contributed by atoms with Crippen LogP contribution in [-0.2, 0) is 0 Å². The second-order valence-electron chi connectivity index (χ2n) is 3.48. The molecule has 1 aromatic carbocycles. The smallest absolute Gasteiger partial charge is 0.165 e. The maximum atomic E-state index is 13.2. The second-order valence-corrected chi connectivity index (χ2v) is 3.48. The quantitative estimate of drug-likeness (QED) is 0.832. The first-order valence-electron chi connectivity index (χ1n) is 4.83. The minimum Gasteiger partial charge on any atom is -0.486 e. The van der Waals surface area contributed by atoms with Crippen molar-refractivity contribution < 1.29 is 13.5 Å². The lowest BCUT2D eigenvalue weighted by Crippen LogP contribution is -2.36. The predicted molar refractivity (Wildman–Crippen MR) is 55.0 cm³/mol. The van der Waals surface area contributed by atoms with Crippen LogP contribution in [0.1, 0.15) is 13.8 Å². The molecule has 84 valence electrons. The zero-order chi connectivity index (χ0) is 11.4. The van der Waals surface area contributed by atoms with Crippen LogP contribution >= 0.6 is 0 Å². The molecule has 0 saturated carbocycles. The fraction of sp³-hybridized carbons (Fsp3) is 0.455. The molecule has 0 bridgehead atoms. The Balaban J connectivity index is 2.75. The van der Waals surface area contributed by atoms with Crippen molar-refractivity contribution >= 4 is 0 Å². The molecule has 1 N–H and O–H groups in total. The van der Waals surface area contributed by atoms with E-state index in [1.54, 1.807) is 14.0 Å². The molecule has 2 atom stereocenters. The fourth-order valence-corrected chi connectivity index (χ4v) is 1.10. The molecule has 0 radical (unpaired) electrons. The predicted octanol–water partition coefficient (Wildman–Crippen LogP) is 2.34. The van der Waals surface area contributed by atoms with Gasteiger partial charge in [0.1, 0.15) is 11.9 Å². The van der Waals surface area contributed by atoms with Crippen molar-refractivity contribution in [3.05, 3.63) is 29.8 Å². The van der Waals surface area contributed by atoms with E-state index in [-0.39, 0.29) is 17.9 Å². The first-order chi connectivity index (χ1) is 7.04. The summed E-state index contributed by atoms with van der Waals surface area (Å²) >= 11 is 0. The van der Waals surface area contributed by atoms with Crippen molar-refractivity contribution in [2.24, 2.45) is 0 Å². The van der Waals surface area contributed by atoms with Crippen LogP contribution in [0.2, 0.25) is 0 Å². The molecule has 0 aliphatic rings. The van der Waals surface area contributed by atoms with E-state index in [0.29, 0.717) is 0 Å². The van der Waals surface area contributed by atoms with Gasteiger partial charge in [-0.1, -0.05) is 0 Å². The molecule has 2 nitrogen and oxygen atoms in total. The van der Waals surface area contributed by atoms with Crippen molar-refractivity contribution in [2.45, 2.75) is 26.0 Å². The van der Waals surface area contributed by atoms with Gasteiger partial charge in [-0.2, -0.15) is 0 Å². The highest BCUT2D eigenvalue weighted by Gasteiger charge is 2.14. The third kappa shape index (κ3) is 3.16. The number of benzene rings is 1. The number of nitrogens with one attached hydrogen (secondary N) is 1. The van der Waals surface area contributed by atoms with Gasteiger partial charge in [-0.25, -0.2) is 8.78 Å². The Morgan fingerprint density at radius 1 is 1.27 bits per heavy atom. The van der Waals surface area contributed by atoms with Gasteiger partial charge in [0.05, 0.1) is 0 Å². The zero-order valence-corrected chi connectivity index (χ0v) is 9.05. The average Bonchev–Trinajstić information content (AvgIpc) is 2.22. The van der Waals surface area contributed by atoms with Crippen LogP contribution in [-0.4, -0.2) is 19.2 Å². The van der Waals surface area contributed by atoms with Crippen molar-refractivity contribution in [2.75, 3.05) is 7.05 Å². The number of hydrogen-bond acceptors (Lipinski definition) is 2. The van der Waals surface area contributed by atoms with Crippen LogP contribution in [0.15, 0.2) is 18.2 Å². The van der Waals surface area contributed by atoms with E-state index in [4.69, 9.17) is 4.74 Å². The summed E-state index contributed by atoms with van der Waals surface area (Å²) in [4.78, 5) is 0. The van der Waals surface area contributed by atoms with Gasteiger partial charge in [-0.15, -0.1) is 0 Å². The Hall–Kier alpha value is -1.16. The molecule has 4 heteroatoms. The Labute approximate surface area is 88.3 Å². The zero-order valence-electron chi connectivity index (χ0n) is 9.05. The molecule has 0 aliphatic heterocycles. The lowest BCUT2D eigenvalue weighted by atomic mass is 10.2. The van der Waals surface area contributed by atoms with Gasteiger partial charge < -0.3 is 10.1 Å². The lowest BCUT2D eigenvalue weighted by Gasteiger charge is -2.21. The van der Waals surface area contributed by atoms with Gasteiger partial charge in [-0.3, -0.25) is 0 Å². The van der Waals surface area contributed by atoms with Crippen LogP contribution < -0.4 is 10.1 Å². The Bertz CT molecular complexity index is 330. The molecule has 0 fully saturated rings. The minimum atomic E-state index is -0.549. The van der Waals surface area contributed by atoms with E-state index in [2.05, 4.69) is 5.32 Å². The second kappa shape index (κ2) is 5.07. The molecule has 0 heterocycles. The van der Waals surface area contributed by atoms with Crippen LogP contribution in [0.3, 0.4) is 0 Å². The van der Waals surface area contributed by atoms with Crippen molar-refractivity contribution in [1.29, 1.82) is 0 Å². The first-order valence-corrected chi connectivity index (χ1v) is 4.83. The maximum Gasteiger partial charge on any atom is 0.165 e. The third-order valence-electron chi connectivity index (χ3n) is 2.37. The SMILES string of the molecule is CNC(C)C(C)Oc1cc(F)ccc1F.